The molecule has 0 spiro atoms. The standard InChI is InChI=1S/C55H46N11O16P/c56-46-40-48(60-28-58-46)64(30-62-40)50-44(80-54(69)35-17-9-3-10-18-35)42(79-53(68)34-15-7-2-8-16-34)39(78-50)27-76-83(73,75-25-32-21-23-37(24-22-32)66(71)72)82-43-38(26-74-52(67)33-13-5-1-6-14-33)77-51(45(43)81-55(70)36-19-11-4-12-20-36)65-31-63-41-47(57)59-29-61-49(41)65/h1-24,28-31,38-39,42-45,50-51H,25-27H2,(H2,56,58,60)(H2,57,59,61)/t38-,39-,42-,43-,44-,45-,50-,51-,83?/m1/s1. The van der Waals surface area contributed by atoms with Crippen molar-refractivity contribution in [1.29, 1.82) is 0 Å². The first kappa shape index (κ1) is 55.0. The lowest BCUT2D eigenvalue weighted by Crippen LogP contribution is -2.41. The molecule has 4 aromatic heterocycles. The lowest BCUT2D eigenvalue weighted by molar-refractivity contribution is -0.384. The third-order valence-corrected chi connectivity index (χ3v) is 14.6. The summed E-state index contributed by atoms with van der Waals surface area (Å²) in [5, 5.41) is 11.6. The number of aromatic nitrogens is 8. The predicted octanol–water partition coefficient (Wildman–Crippen LogP) is 6.79. The van der Waals surface area contributed by atoms with Crippen LogP contribution in [0.25, 0.3) is 22.3 Å². The summed E-state index contributed by atoms with van der Waals surface area (Å²) in [4.78, 5) is 92.7. The van der Waals surface area contributed by atoms with Crippen LogP contribution in [-0.2, 0) is 53.2 Å². The van der Waals surface area contributed by atoms with Gasteiger partial charge in [-0.1, -0.05) is 72.8 Å². The minimum Gasteiger partial charge on any atom is -0.459 e. The SMILES string of the molecule is Nc1ncnc2c1ncn2[C@@H]1O[C@H](COP(=O)(OCc2ccc([N+](=O)[O-])cc2)O[C@H]2[C@@H](OC(=O)c3ccccc3)[C@H](n3cnc4c(N)ncnc43)O[C@@H]2COC(=O)c2ccccc2)[C@@H](OC(=O)c2ccccc2)[C@H]1OC(=O)c1ccccc1. The van der Waals surface area contributed by atoms with Gasteiger partial charge in [0.15, 0.2) is 53.7 Å². The maximum absolute atomic E-state index is 16.0. The minimum atomic E-state index is -5.31. The van der Waals surface area contributed by atoms with Crippen LogP contribution < -0.4 is 11.5 Å². The van der Waals surface area contributed by atoms with E-state index in [-0.39, 0.29) is 67.5 Å². The molecule has 27 nitrogen and oxygen atoms in total. The van der Waals surface area contributed by atoms with Crippen molar-refractivity contribution >= 4 is 71.4 Å². The fourth-order valence-electron chi connectivity index (χ4n) is 9.16. The number of nitrogens with zero attached hydrogens (tertiary/aromatic N) is 9. The van der Waals surface area contributed by atoms with Crippen LogP contribution in [0.2, 0.25) is 0 Å². The Morgan fingerprint density at radius 2 is 0.952 bits per heavy atom. The highest BCUT2D eigenvalue weighted by Crippen LogP contribution is 2.55. The number of benzene rings is 5. The molecule has 422 valence electrons. The molecule has 11 rings (SSSR count). The summed E-state index contributed by atoms with van der Waals surface area (Å²) in [6, 6.07) is 36.7. The van der Waals surface area contributed by atoms with Gasteiger partial charge in [-0.25, -0.2) is 53.6 Å². The molecule has 1 unspecified atom stereocenters. The fourth-order valence-corrected chi connectivity index (χ4v) is 10.5. The molecule has 2 saturated heterocycles. The van der Waals surface area contributed by atoms with Crippen molar-refractivity contribution in [2.24, 2.45) is 0 Å². The average Bonchev–Trinajstić information content (AvgIpc) is 3.05. The molecule has 0 radical (unpaired) electrons. The molecule has 0 bridgehead atoms. The first-order valence-electron chi connectivity index (χ1n) is 25.3. The Morgan fingerprint density at radius 3 is 1.41 bits per heavy atom. The van der Waals surface area contributed by atoms with Crippen molar-refractivity contribution in [3.8, 4) is 0 Å². The summed E-state index contributed by atoms with van der Waals surface area (Å²) in [5.74, 6) is -3.49. The Kier molecular flexibility index (Phi) is 16.0. The Labute approximate surface area is 468 Å². The Balaban J connectivity index is 0.999. The van der Waals surface area contributed by atoms with E-state index in [1.54, 1.807) is 72.8 Å². The number of nitro benzene ring substituents is 1. The maximum Gasteiger partial charge on any atom is 0.475 e. The average molecular weight is 1150 g/mol. The molecule has 0 saturated carbocycles. The van der Waals surface area contributed by atoms with Crippen LogP contribution in [0.4, 0.5) is 17.3 Å². The number of esters is 4. The lowest BCUT2D eigenvalue weighted by Gasteiger charge is -2.29. The first-order chi connectivity index (χ1) is 40.3. The third kappa shape index (κ3) is 12.0. The van der Waals surface area contributed by atoms with Gasteiger partial charge in [0.05, 0.1) is 53.0 Å². The largest absolute Gasteiger partial charge is 0.475 e. The number of phosphoric ester groups is 1. The third-order valence-electron chi connectivity index (χ3n) is 13.2. The molecule has 83 heavy (non-hydrogen) atoms. The summed E-state index contributed by atoms with van der Waals surface area (Å²) in [5.41, 5.74) is 13.3. The number of phosphoric acid groups is 1. The van der Waals surface area contributed by atoms with E-state index < -0.39 is 106 Å². The molecule has 9 aromatic rings. The van der Waals surface area contributed by atoms with Gasteiger partial charge in [-0.05, 0) is 66.2 Å². The van der Waals surface area contributed by atoms with Gasteiger partial charge < -0.3 is 39.9 Å². The summed E-state index contributed by atoms with van der Waals surface area (Å²) in [6.07, 6.45) is -7.67. The summed E-state index contributed by atoms with van der Waals surface area (Å²) in [6.45, 7) is -2.13. The Hall–Kier alpha value is -9.89. The molecule has 2 aliphatic rings. The number of fused-ring (bicyclic) bond motifs is 2. The number of hydrogen-bond donors (Lipinski definition) is 2. The number of ether oxygens (including phenoxy) is 6. The molecule has 2 fully saturated rings. The van der Waals surface area contributed by atoms with E-state index in [1.807, 2.05) is 0 Å². The van der Waals surface area contributed by atoms with Gasteiger partial charge in [-0.15, -0.1) is 0 Å². The number of nitrogen functional groups attached to an aromatic ring is 2. The van der Waals surface area contributed by atoms with Crippen LogP contribution in [-0.4, -0.2) is 118 Å². The molecule has 4 N–H and O–H groups in total. The summed E-state index contributed by atoms with van der Waals surface area (Å²) >= 11 is 0. The molecular formula is C55H46N11O16P. The summed E-state index contributed by atoms with van der Waals surface area (Å²) < 4.78 is 75.4. The lowest BCUT2D eigenvalue weighted by atomic mass is 10.1. The monoisotopic (exact) mass is 1150 g/mol. The molecule has 2 aliphatic heterocycles. The highest BCUT2D eigenvalue weighted by atomic mass is 31.2. The van der Waals surface area contributed by atoms with E-state index in [9.17, 15) is 29.3 Å². The first-order valence-corrected chi connectivity index (χ1v) is 26.7. The molecule has 6 heterocycles. The van der Waals surface area contributed by atoms with Gasteiger partial charge in [0.1, 0.15) is 48.6 Å². The zero-order valence-corrected chi connectivity index (χ0v) is 44.0. The molecule has 28 heteroatoms. The van der Waals surface area contributed by atoms with Crippen molar-refractivity contribution in [2.75, 3.05) is 24.7 Å². The van der Waals surface area contributed by atoms with Crippen LogP contribution in [0, 0.1) is 10.1 Å². The normalized spacial score (nSPS) is 21.0. The number of carbonyl (C=O) groups is 4. The van der Waals surface area contributed by atoms with Crippen LogP contribution >= 0.6 is 7.82 Å². The fraction of sp³-hybridized carbons (Fsp3) is 0.200. The van der Waals surface area contributed by atoms with E-state index in [2.05, 4.69) is 29.9 Å². The molecular weight excluding hydrogens is 1100 g/mol. The second-order valence-electron chi connectivity index (χ2n) is 18.5. The summed E-state index contributed by atoms with van der Waals surface area (Å²) in [7, 11) is -5.31. The number of hydrogen-bond acceptors (Lipinski definition) is 24. The van der Waals surface area contributed by atoms with E-state index in [0.717, 1.165) is 0 Å². The Bertz CT molecular complexity index is 3870. The number of carbonyl (C=O) groups excluding carboxylic acids is 4. The topological polar surface area (TPSA) is 351 Å². The minimum absolute atomic E-state index is 0.00239. The van der Waals surface area contributed by atoms with Gasteiger partial charge in [-0.2, -0.15) is 0 Å². The second-order valence-corrected chi connectivity index (χ2v) is 20.1. The van der Waals surface area contributed by atoms with E-state index in [4.69, 9.17) is 53.5 Å². The zero-order valence-electron chi connectivity index (χ0n) is 43.1. The van der Waals surface area contributed by atoms with E-state index in [1.165, 1.54) is 107 Å². The van der Waals surface area contributed by atoms with E-state index >= 15 is 4.57 Å². The van der Waals surface area contributed by atoms with Gasteiger partial charge in [-0.3, -0.25) is 32.8 Å². The Morgan fingerprint density at radius 1 is 0.530 bits per heavy atom. The van der Waals surface area contributed by atoms with E-state index in [0.29, 0.717) is 0 Å². The van der Waals surface area contributed by atoms with Gasteiger partial charge in [0.25, 0.3) is 5.69 Å². The highest BCUT2D eigenvalue weighted by Gasteiger charge is 2.56. The maximum atomic E-state index is 16.0. The number of nitro groups is 1. The van der Waals surface area contributed by atoms with Crippen LogP contribution in [0.3, 0.4) is 0 Å². The van der Waals surface area contributed by atoms with Crippen molar-refractivity contribution < 1.29 is 70.7 Å². The van der Waals surface area contributed by atoms with Gasteiger partial charge >= 0.3 is 31.7 Å². The molecule has 5 aromatic carbocycles. The smallest absolute Gasteiger partial charge is 0.459 e. The van der Waals surface area contributed by atoms with Crippen LogP contribution in [0.1, 0.15) is 59.5 Å². The van der Waals surface area contributed by atoms with Crippen molar-refractivity contribution in [2.45, 2.75) is 55.7 Å². The number of nitrogens with two attached hydrogens (primary N) is 2. The molecule has 9 atom stereocenters. The second kappa shape index (κ2) is 24.1. The van der Waals surface area contributed by atoms with Crippen molar-refractivity contribution in [3.63, 3.8) is 0 Å². The predicted molar refractivity (Wildman–Crippen MR) is 287 cm³/mol. The highest BCUT2D eigenvalue weighted by molar-refractivity contribution is 7.48. The van der Waals surface area contributed by atoms with Gasteiger partial charge in [0.2, 0.25) is 0 Å². The number of anilines is 2. The van der Waals surface area contributed by atoms with Crippen molar-refractivity contribution in [3.05, 3.63) is 209 Å². The number of non-ortho nitro benzene ring substituents is 1. The van der Waals surface area contributed by atoms with Crippen LogP contribution in [0.15, 0.2) is 171 Å². The van der Waals surface area contributed by atoms with Crippen LogP contribution in [0.5, 0.6) is 0 Å². The quantitative estimate of drug-likeness (QED) is 0.0260. The molecule has 0 aliphatic carbocycles. The number of rotatable bonds is 20. The van der Waals surface area contributed by atoms with Gasteiger partial charge in [0, 0.05) is 12.1 Å². The number of imidazole rings is 2. The van der Waals surface area contributed by atoms with Crippen molar-refractivity contribution in [1.82, 2.24) is 39.0 Å². The molecule has 0 amide bonds. The zero-order chi connectivity index (χ0) is 57.6.